The largest absolute Gasteiger partial charge is 0.497 e. The van der Waals surface area contributed by atoms with Crippen molar-refractivity contribution in [1.29, 1.82) is 0 Å². The van der Waals surface area contributed by atoms with Crippen molar-refractivity contribution < 1.29 is 28.0 Å². The van der Waals surface area contributed by atoms with Crippen molar-refractivity contribution >= 4 is 23.4 Å². The number of halogens is 1. The first-order valence-electron chi connectivity index (χ1n) is 10.2. The van der Waals surface area contributed by atoms with Crippen molar-refractivity contribution in [3.05, 3.63) is 54.2 Å². The third-order valence-corrected chi connectivity index (χ3v) is 4.27. The summed E-state index contributed by atoms with van der Waals surface area (Å²) >= 11 is 0. The van der Waals surface area contributed by atoms with Crippen LogP contribution in [0.3, 0.4) is 0 Å². The number of hydrogen-bond acceptors (Lipinski definition) is 7. The highest BCUT2D eigenvalue weighted by Gasteiger charge is 2.18. The molecular weight excluding hydrogens is 431 g/mol. The van der Waals surface area contributed by atoms with Gasteiger partial charge in [0.1, 0.15) is 17.2 Å². The number of benzene rings is 2. The summed E-state index contributed by atoms with van der Waals surface area (Å²) in [5.74, 6) is 0.388. The second-order valence-corrected chi connectivity index (χ2v) is 8.11. The van der Waals surface area contributed by atoms with Crippen molar-refractivity contribution in [3.8, 4) is 17.1 Å². The monoisotopic (exact) mass is 456 g/mol. The number of anilines is 2. The topological polar surface area (TPSA) is 116 Å². The minimum absolute atomic E-state index is 0.00658. The Morgan fingerprint density at radius 3 is 2.45 bits per heavy atom. The maximum absolute atomic E-state index is 13.7. The summed E-state index contributed by atoms with van der Waals surface area (Å²) < 4.78 is 29.3. The van der Waals surface area contributed by atoms with Gasteiger partial charge >= 0.3 is 6.09 Å². The number of carbonyl (C=O) groups is 2. The quantitative estimate of drug-likeness (QED) is 0.524. The molecule has 1 aromatic heterocycles. The minimum Gasteiger partial charge on any atom is -0.497 e. The molecule has 0 spiro atoms. The fourth-order valence-electron chi connectivity index (χ4n) is 2.79. The zero-order chi connectivity index (χ0) is 24.0. The smallest absolute Gasteiger partial charge is 0.412 e. The van der Waals surface area contributed by atoms with E-state index in [1.165, 1.54) is 12.1 Å². The number of amides is 2. The summed E-state index contributed by atoms with van der Waals surface area (Å²) in [6.45, 7) is 5.16. The van der Waals surface area contributed by atoms with E-state index in [4.69, 9.17) is 14.0 Å². The molecule has 0 radical (unpaired) electrons. The first kappa shape index (κ1) is 23.7. The molecule has 174 valence electrons. The number of ether oxygens (including phenoxy) is 2. The highest BCUT2D eigenvalue weighted by molar-refractivity contribution is 5.97. The van der Waals surface area contributed by atoms with E-state index < -0.39 is 23.4 Å². The summed E-state index contributed by atoms with van der Waals surface area (Å²) in [7, 11) is 1.58. The standard InChI is InChI=1S/C23H25FN4O5/c1-23(2,3)32-22(30)26-17-10-7-15(24)13-18(17)25-19(29)11-12-20-27-21(28-33-20)14-5-8-16(31-4)9-6-14/h5-10,13H,11-12H2,1-4H3,(H,25,29)(H,26,30). The molecule has 2 aromatic carbocycles. The van der Waals surface area contributed by atoms with Gasteiger partial charge in [0, 0.05) is 18.4 Å². The number of methoxy groups -OCH3 is 1. The predicted molar refractivity (Wildman–Crippen MR) is 119 cm³/mol. The molecule has 2 N–H and O–H groups in total. The Kier molecular flexibility index (Phi) is 7.27. The second-order valence-electron chi connectivity index (χ2n) is 8.11. The van der Waals surface area contributed by atoms with Crippen LogP contribution < -0.4 is 15.4 Å². The van der Waals surface area contributed by atoms with E-state index >= 15 is 0 Å². The fourth-order valence-corrected chi connectivity index (χ4v) is 2.79. The fraction of sp³-hybridized carbons (Fsp3) is 0.304. The lowest BCUT2D eigenvalue weighted by Crippen LogP contribution is -2.27. The zero-order valence-corrected chi connectivity index (χ0v) is 18.8. The van der Waals surface area contributed by atoms with Crippen LogP contribution in [0.5, 0.6) is 5.75 Å². The van der Waals surface area contributed by atoms with Crippen LogP contribution in [0.15, 0.2) is 47.0 Å². The molecule has 3 aromatic rings. The van der Waals surface area contributed by atoms with Crippen LogP contribution in [0.2, 0.25) is 0 Å². The maximum Gasteiger partial charge on any atom is 0.412 e. The number of carbonyl (C=O) groups excluding carboxylic acids is 2. The second kappa shape index (κ2) is 10.1. The van der Waals surface area contributed by atoms with Crippen LogP contribution >= 0.6 is 0 Å². The summed E-state index contributed by atoms with van der Waals surface area (Å²) in [6.07, 6.45) is -0.535. The summed E-state index contributed by atoms with van der Waals surface area (Å²) in [5, 5.41) is 9.02. The van der Waals surface area contributed by atoms with Crippen LogP contribution in [-0.4, -0.2) is 34.9 Å². The van der Waals surface area contributed by atoms with Crippen molar-refractivity contribution in [2.45, 2.75) is 39.2 Å². The van der Waals surface area contributed by atoms with Crippen LogP contribution in [0.1, 0.15) is 33.1 Å². The molecule has 3 rings (SSSR count). The summed E-state index contributed by atoms with van der Waals surface area (Å²) in [4.78, 5) is 28.8. The normalized spacial score (nSPS) is 11.1. The SMILES string of the molecule is COc1ccc(-c2noc(CCC(=O)Nc3cc(F)ccc3NC(=O)OC(C)(C)C)n2)cc1. The highest BCUT2D eigenvalue weighted by Crippen LogP contribution is 2.24. The van der Waals surface area contributed by atoms with E-state index in [-0.39, 0.29) is 30.1 Å². The maximum atomic E-state index is 13.7. The van der Waals surface area contributed by atoms with E-state index in [1.807, 2.05) is 0 Å². The molecule has 10 heteroatoms. The molecule has 0 atom stereocenters. The molecule has 0 unspecified atom stereocenters. The first-order valence-corrected chi connectivity index (χ1v) is 10.2. The van der Waals surface area contributed by atoms with Gasteiger partial charge in [-0.3, -0.25) is 10.1 Å². The summed E-state index contributed by atoms with van der Waals surface area (Å²) in [5.41, 5.74) is 0.351. The first-order chi connectivity index (χ1) is 15.6. The molecule has 0 bridgehead atoms. The van der Waals surface area contributed by atoms with Gasteiger partial charge in [-0.25, -0.2) is 9.18 Å². The molecule has 0 saturated carbocycles. The number of aromatic nitrogens is 2. The Morgan fingerprint density at radius 2 is 1.79 bits per heavy atom. The van der Waals surface area contributed by atoms with Gasteiger partial charge in [-0.05, 0) is 63.2 Å². The van der Waals surface area contributed by atoms with Crippen molar-refractivity contribution in [3.63, 3.8) is 0 Å². The van der Waals surface area contributed by atoms with E-state index in [2.05, 4.69) is 20.8 Å². The molecule has 1 heterocycles. The van der Waals surface area contributed by atoms with Crippen LogP contribution in [-0.2, 0) is 16.0 Å². The van der Waals surface area contributed by atoms with Crippen LogP contribution in [0.25, 0.3) is 11.4 Å². The lowest BCUT2D eigenvalue weighted by atomic mass is 10.2. The van der Waals surface area contributed by atoms with E-state index in [1.54, 1.807) is 52.1 Å². The minimum atomic E-state index is -0.721. The number of aryl methyl sites for hydroxylation is 1. The number of rotatable bonds is 7. The number of nitrogens with one attached hydrogen (secondary N) is 2. The molecule has 0 aliphatic carbocycles. The van der Waals surface area contributed by atoms with Gasteiger partial charge in [-0.15, -0.1) is 0 Å². The van der Waals surface area contributed by atoms with Crippen LogP contribution in [0.4, 0.5) is 20.6 Å². The Hall–Kier alpha value is -3.95. The molecule has 9 nitrogen and oxygen atoms in total. The predicted octanol–water partition coefficient (Wildman–Crippen LogP) is 4.80. The Balaban J connectivity index is 1.60. The van der Waals surface area contributed by atoms with Gasteiger partial charge in [-0.2, -0.15) is 4.98 Å². The van der Waals surface area contributed by atoms with E-state index in [0.29, 0.717) is 11.6 Å². The van der Waals surface area contributed by atoms with Gasteiger partial charge in [-0.1, -0.05) is 5.16 Å². The van der Waals surface area contributed by atoms with Gasteiger partial charge < -0.3 is 19.3 Å². The summed E-state index contributed by atoms with van der Waals surface area (Å²) in [6, 6.07) is 10.8. The lowest BCUT2D eigenvalue weighted by Gasteiger charge is -2.20. The van der Waals surface area contributed by atoms with Crippen molar-refractivity contribution in [2.75, 3.05) is 17.7 Å². The Morgan fingerprint density at radius 1 is 1.06 bits per heavy atom. The third-order valence-electron chi connectivity index (χ3n) is 4.27. The van der Waals surface area contributed by atoms with E-state index in [9.17, 15) is 14.0 Å². The molecule has 2 amide bonds. The molecular formula is C23H25FN4O5. The lowest BCUT2D eigenvalue weighted by molar-refractivity contribution is -0.116. The number of nitrogens with zero attached hydrogens (tertiary/aromatic N) is 2. The van der Waals surface area contributed by atoms with Gasteiger partial charge in [0.25, 0.3) is 0 Å². The van der Waals surface area contributed by atoms with Gasteiger partial charge in [0.2, 0.25) is 17.6 Å². The van der Waals surface area contributed by atoms with Crippen molar-refractivity contribution in [1.82, 2.24) is 10.1 Å². The zero-order valence-electron chi connectivity index (χ0n) is 18.8. The third kappa shape index (κ3) is 7.03. The number of hydrogen-bond donors (Lipinski definition) is 2. The molecule has 0 saturated heterocycles. The highest BCUT2D eigenvalue weighted by atomic mass is 19.1. The molecule has 33 heavy (non-hydrogen) atoms. The Labute approximate surface area is 190 Å². The average Bonchev–Trinajstić information content (AvgIpc) is 3.22. The van der Waals surface area contributed by atoms with E-state index in [0.717, 1.165) is 11.6 Å². The molecule has 0 aliphatic heterocycles. The average molecular weight is 456 g/mol. The molecule has 0 aliphatic rings. The van der Waals surface area contributed by atoms with Crippen LogP contribution in [0, 0.1) is 5.82 Å². The molecule has 0 fully saturated rings. The van der Waals surface area contributed by atoms with Gasteiger partial charge in [0.15, 0.2) is 0 Å². The van der Waals surface area contributed by atoms with Gasteiger partial charge in [0.05, 0.1) is 18.5 Å². The Bertz CT molecular complexity index is 1120. The van der Waals surface area contributed by atoms with Crippen molar-refractivity contribution in [2.24, 2.45) is 0 Å².